The van der Waals surface area contributed by atoms with Gasteiger partial charge in [-0.3, -0.25) is 0 Å². The smallest absolute Gasteiger partial charge is 0.00482 e. The van der Waals surface area contributed by atoms with E-state index in [1.165, 1.54) is 19.3 Å². The highest BCUT2D eigenvalue weighted by atomic mass is 14.9. The van der Waals surface area contributed by atoms with Crippen LogP contribution in [-0.4, -0.2) is 18.6 Å². The second-order valence-electron chi connectivity index (χ2n) is 4.29. The molecule has 0 aliphatic heterocycles. The normalized spacial score (nSPS) is 18.2. The molecule has 0 saturated carbocycles. The number of nitrogens with two attached hydrogens (primary N) is 1. The van der Waals surface area contributed by atoms with E-state index >= 15 is 0 Å². The molecule has 3 N–H and O–H groups in total. The lowest BCUT2D eigenvalue weighted by atomic mass is 10.0. The highest BCUT2D eigenvalue weighted by Crippen LogP contribution is 2.02. The minimum Gasteiger partial charge on any atom is -0.328 e. The molecule has 0 heterocycles. The zero-order chi connectivity index (χ0) is 10.3. The molecule has 0 aromatic heterocycles. The molecule has 3 atom stereocenters. The summed E-state index contributed by atoms with van der Waals surface area (Å²) in [5.74, 6) is 0.573. The van der Waals surface area contributed by atoms with E-state index in [-0.39, 0.29) is 0 Å². The molecule has 0 saturated heterocycles. The summed E-state index contributed by atoms with van der Waals surface area (Å²) in [5, 5.41) is 3.52. The largest absolute Gasteiger partial charge is 0.328 e. The summed E-state index contributed by atoms with van der Waals surface area (Å²) in [7, 11) is 0. The summed E-state index contributed by atoms with van der Waals surface area (Å²) in [5.41, 5.74) is 5.78. The van der Waals surface area contributed by atoms with Gasteiger partial charge in [0, 0.05) is 12.1 Å². The van der Waals surface area contributed by atoms with Gasteiger partial charge in [-0.2, -0.15) is 0 Å². The van der Waals surface area contributed by atoms with Crippen LogP contribution in [0.15, 0.2) is 0 Å². The lowest BCUT2D eigenvalue weighted by molar-refractivity contribution is 0.401. The fourth-order valence-electron chi connectivity index (χ4n) is 1.19. The van der Waals surface area contributed by atoms with Crippen molar-refractivity contribution in [1.82, 2.24) is 5.32 Å². The first-order valence-corrected chi connectivity index (χ1v) is 5.56. The van der Waals surface area contributed by atoms with Gasteiger partial charge in [0.2, 0.25) is 0 Å². The molecule has 0 aliphatic carbocycles. The van der Waals surface area contributed by atoms with Gasteiger partial charge in [0.15, 0.2) is 0 Å². The monoisotopic (exact) mass is 186 g/mol. The first kappa shape index (κ1) is 12.9. The predicted molar refractivity (Wildman–Crippen MR) is 59.8 cm³/mol. The van der Waals surface area contributed by atoms with Crippen molar-refractivity contribution in [2.45, 2.75) is 59.0 Å². The number of nitrogens with one attached hydrogen (secondary N) is 1. The van der Waals surface area contributed by atoms with Crippen LogP contribution in [0.3, 0.4) is 0 Å². The highest BCUT2D eigenvalue weighted by Gasteiger charge is 2.08. The van der Waals surface area contributed by atoms with Gasteiger partial charge in [-0.05, 0) is 32.7 Å². The molecule has 0 fully saturated rings. The molecule has 0 aromatic rings. The van der Waals surface area contributed by atoms with Gasteiger partial charge in [0.05, 0.1) is 0 Å². The zero-order valence-electron chi connectivity index (χ0n) is 9.64. The molecule has 2 nitrogen and oxygen atoms in total. The van der Waals surface area contributed by atoms with Crippen LogP contribution in [0.2, 0.25) is 0 Å². The third kappa shape index (κ3) is 7.03. The number of rotatable bonds is 7. The van der Waals surface area contributed by atoms with Gasteiger partial charge in [-0.25, -0.2) is 0 Å². The summed E-state index contributed by atoms with van der Waals surface area (Å²) in [4.78, 5) is 0. The highest BCUT2D eigenvalue weighted by molar-refractivity contribution is 4.69. The number of unbranched alkanes of at least 4 members (excludes halogenated alkanes) is 1. The zero-order valence-corrected chi connectivity index (χ0v) is 9.64. The Bertz CT molecular complexity index is 113. The second-order valence-corrected chi connectivity index (χ2v) is 4.29. The third-order valence-corrected chi connectivity index (χ3v) is 2.68. The van der Waals surface area contributed by atoms with Crippen LogP contribution in [0.5, 0.6) is 0 Å². The summed E-state index contributed by atoms with van der Waals surface area (Å²) in [6, 6.07) is 0.937. The van der Waals surface area contributed by atoms with Crippen LogP contribution in [-0.2, 0) is 0 Å². The average Bonchev–Trinajstić information content (AvgIpc) is 2.10. The van der Waals surface area contributed by atoms with Crippen molar-refractivity contribution in [1.29, 1.82) is 0 Å². The van der Waals surface area contributed by atoms with Crippen LogP contribution < -0.4 is 11.1 Å². The van der Waals surface area contributed by atoms with Crippen molar-refractivity contribution in [3.05, 3.63) is 0 Å². The van der Waals surface area contributed by atoms with Crippen molar-refractivity contribution in [3.63, 3.8) is 0 Å². The van der Waals surface area contributed by atoms with Gasteiger partial charge in [0.25, 0.3) is 0 Å². The van der Waals surface area contributed by atoms with E-state index in [4.69, 9.17) is 5.73 Å². The molecule has 2 heteroatoms. The Morgan fingerprint density at radius 2 is 1.85 bits per heavy atom. The van der Waals surface area contributed by atoms with Gasteiger partial charge < -0.3 is 11.1 Å². The standard InChI is InChI=1S/C11H26N2/c1-5-6-7-10(3)13-8-9(2)11(4)12/h9-11,13H,5-8,12H2,1-4H3. The van der Waals surface area contributed by atoms with E-state index in [2.05, 4.69) is 33.0 Å². The first-order valence-electron chi connectivity index (χ1n) is 5.56. The topological polar surface area (TPSA) is 38.0 Å². The molecule has 0 amide bonds. The Labute approximate surface area is 83.3 Å². The van der Waals surface area contributed by atoms with Gasteiger partial charge >= 0.3 is 0 Å². The Hall–Kier alpha value is -0.0800. The van der Waals surface area contributed by atoms with E-state index in [0.29, 0.717) is 18.0 Å². The quantitative estimate of drug-likeness (QED) is 0.639. The van der Waals surface area contributed by atoms with Gasteiger partial charge in [0.1, 0.15) is 0 Å². The minimum absolute atomic E-state index is 0.297. The molecule has 0 bridgehead atoms. The van der Waals surface area contributed by atoms with E-state index in [9.17, 15) is 0 Å². The first-order chi connectivity index (χ1) is 6.07. The maximum atomic E-state index is 5.78. The average molecular weight is 186 g/mol. The predicted octanol–water partition coefficient (Wildman–Crippen LogP) is 2.14. The summed E-state index contributed by atoms with van der Waals surface area (Å²) >= 11 is 0. The Morgan fingerprint density at radius 1 is 1.23 bits per heavy atom. The fraction of sp³-hybridized carbons (Fsp3) is 1.00. The van der Waals surface area contributed by atoms with Crippen molar-refractivity contribution in [2.75, 3.05) is 6.54 Å². The van der Waals surface area contributed by atoms with Crippen LogP contribution in [0, 0.1) is 5.92 Å². The Morgan fingerprint density at radius 3 is 2.31 bits per heavy atom. The molecular formula is C11H26N2. The van der Waals surface area contributed by atoms with Crippen molar-refractivity contribution in [2.24, 2.45) is 11.7 Å². The van der Waals surface area contributed by atoms with Gasteiger partial charge in [-0.15, -0.1) is 0 Å². The van der Waals surface area contributed by atoms with Crippen molar-refractivity contribution in [3.8, 4) is 0 Å². The van der Waals surface area contributed by atoms with Gasteiger partial charge in [-0.1, -0.05) is 26.7 Å². The second kappa shape index (κ2) is 7.34. The molecule has 0 spiro atoms. The molecule has 0 aromatic carbocycles. The Kier molecular flexibility index (Phi) is 7.29. The third-order valence-electron chi connectivity index (χ3n) is 2.68. The Balaban J connectivity index is 3.40. The lowest BCUT2D eigenvalue weighted by Crippen LogP contribution is -2.37. The van der Waals surface area contributed by atoms with E-state index in [0.717, 1.165) is 6.54 Å². The van der Waals surface area contributed by atoms with Crippen molar-refractivity contribution < 1.29 is 0 Å². The molecule has 3 unspecified atom stereocenters. The molecule has 0 radical (unpaired) electrons. The maximum Gasteiger partial charge on any atom is 0.00482 e. The maximum absolute atomic E-state index is 5.78. The molecule has 13 heavy (non-hydrogen) atoms. The fourth-order valence-corrected chi connectivity index (χ4v) is 1.19. The lowest BCUT2D eigenvalue weighted by Gasteiger charge is -2.19. The summed E-state index contributed by atoms with van der Waals surface area (Å²) in [6.45, 7) is 9.80. The molecule has 0 rings (SSSR count). The number of hydrogen-bond acceptors (Lipinski definition) is 2. The summed E-state index contributed by atoms with van der Waals surface area (Å²) in [6.07, 6.45) is 3.89. The minimum atomic E-state index is 0.297. The van der Waals surface area contributed by atoms with Crippen molar-refractivity contribution >= 4 is 0 Å². The summed E-state index contributed by atoms with van der Waals surface area (Å²) < 4.78 is 0. The SMILES string of the molecule is CCCCC(C)NCC(C)C(C)N. The molecule has 80 valence electrons. The molecular weight excluding hydrogens is 160 g/mol. The van der Waals surface area contributed by atoms with E-state index < -0.39 is 0 Å². The number of hydrogen-bond donors (Lipinski definition) is 2. The van der Waals surface area contributed by atoms with Crippen LogP contribution in [0.1, 0.15) is 47.0 Å². The van der Waals surface area contributed by atoms with Crippen LogP contribution >= 0.6 is 0 Å². The molecule has 0 aliphatic rings. The van der Waals surface area contributed by atoms with Crippen LogP contribution in [0.4, 0.5) is 0 Å². The van der Waals surface area contributed by atoms with E-state index in [1.54, 1.807) is 0 Å². The van der Waals surface area contributed by atoms with Crippen LogP contribution in [0.25, 0.3) is 0 Å². The van der Waals surface area contributed by atoms with E-state index in [1.807, 2.05) is 0 Å².